The zero-order valence-corrected chi connectivity index (χ0v) is 43.0. The molecule has 1 aliphatic heterocycles. The van der Waals surface area contributed by atoms with Crippen molar-refractivity contribution in [3.05, 3.63) is 36.5 Å². The zero-order chi connectivity index (χ0) is 48.0. The molecule has 0 aromatic rings. The molecule has 9 heteroatoms. The summed E-state index contributed by atoms with van der Waals surface area (Å²) in [4.78, 5) is 13.0. The summed E-state index contributed by atoms with van der Waals surface area (Å²) in [5, 5.41) is 54.4. The van der Waals surface area contributed by atoms with Crippen LogP contribution in [0.25, 0.3) is 0 Å². The van der Waals surface area contributed by atoms with Crippen LogP contribution in [0.1, 0.15) is 264 Å². The van der Waals surface area contributed by atoms with Crippen molar-refractivity contribution < 1.29 is 39.8 Å². The van der Waals surface area contributed by atoms with E-state index in [0.29, 0.717) is 6.42 Å². The van der Waals surface area contributed by atoms with Gasteiger partial charge in [0.2, 0.25) is 5.91 Å². The van der Waals surface area contributed by atoms with E-state index in [9.17, 15) is 30.3 Å². The molecule has 1 heterocycles. The van der Waals surface area contributed by atoms with Gasteiger partial charge in [-0.3, -0.25) is 4.79 Å². The van der Waals surface area contributed by atoms with E-state index < -0.39 is 49.5 Å². The number of ether oxygens (including phenoxy) is 2. The van der Waals surface area contributed by atoms with E-state index in [1.54, 1.807) is 6.08 Å². The van der Waals surface area contributed by atoms with Gasteiger partial charge >= 0.3 is 0 Å². The highest BCUT2D eigenvalue weighted by molar-refractivity contribution is 5.76. The molecule has 0 radical (unpaired) electrons. The fourth-order valence-corrected chi connectivity index (χ4v) is 8.93. The maximum absolute atomic E-state index is 13.0. The predicted molar refractivity (Wildman–Crippen MR) is 276 cm³/mol. The molecular weight excluding hydrogens is 827 g/mol. The van der Waals surface area contributed by atoms with E-state index in [1.165, 1.54) is 193 Å². The smallest absolute Gasteiger partial charge is 0.220 e. The summed E-state index contributed by atoms with van der Waals surface area (Å²) >= 11 is 0. The lowest BCUT2D eigenvalue weighted by Gasteiger charge is -2.40. The van der Waals surface area contributed by atoms with Crippen LogP contribution < -0.4 is 5.32 Å². The van der Waals surface area contributed by atoms with Gasteiger partial charge in [0.05, 0.1) is 25.4 Å². The molecule has 9 nitrogen and oxygen atoms in total. The number of allylic oxidation sites excluding steroid dienone is 5. The van der Waals surface area contributed by atoms with Crippen LogP contribution in [0.15, 0.2) is 36.5 Å². The third-order valence-corrected chi connectivity index (χ3v) is 13.4. The summed E-state index contributed by atoms with van der Waals surface area (Å²) in [6.45, 7) is 3.78. The first kappa shape index (κ1) is 62.4. The lowest BCUT2D eigenvalue weighted by atomic mass is 9.99. The highest BCUT2D eigenvalue weighted by atomic mass is 16.7. The summed E-state index contributed by atoms with van der Waals surface area (Å²) in [7, 11) is 0. The number of carbonyl (C=O) groups is 1. The lowest BCUT2D eigenvalue weighted by molar-refractivity contribution is -0.302. The molecular formula is C57H107NO8. The van der Waals surface area contributed by atoms with Gasteiger partial charge in [0.15, 0.2) is 6.29 Å². The summed E-state index contributed by atoms with van der Waals surface area (Å²) in [6.07, 6.45) is 53.5. The van der Waals surface area contributed by atoms with Crippen LogP contribution in [-0.2, 0) is 14.3 Å². The summed E-state index contributed by atoms with van der Waals surface area (Å²) in [6, 6.07) is -0.824. The molecule has 1 fully saturated rings. The minimum absolute atomic E-state index is 0.189. The number of hydrogen-bond acceptors (Lipinski definition) is 8. The topological polar surface area (TPSA) is 149 Å². The highest BCUT2D eigenvalue weighted by Gasteiger charge is 2.44. The molecule has 1 saturated heterocycles. The molecule has 66 heavy (non-hydrogen) atoms. The van der Waals surface area contributed by atoms with Crippen molar-refractivity contribution in [2.75, 3.05) is 13.2 Å². The molecule has 0 spiro atoms. The highest BCUT2D eigenvalue weighted by Crippen LogP contribution is 2.23. The normalized spacial score (nSPS) is 20.0. The molecule has 1 aliphatic rings. The van der Waals surface area contributed by atoms with Crippen molar-refractivity contribution in [1.29, 1.82) is 0 Å². The van der Waals surface area contributed by atoms with Crippen molar-refractivity contribution in [3.63, 3.8) is 0 Å². The van der Waals surface area contributed by atoms with Crippen molar-refractivity contribution >= 4 is 5.91 Å². The molecule has 0 aromatic carbocycles. The van der Waals surface area contributed by atoms with Crippen LogP contribution in [-0.4, -0.2) is 87.5 Å². The van der Waals surface area contributed by atoms with Gasteiger partial charge in [-0.1, -0.05) is 237 Å². The predicted octanol–water partition coefficient (Wildman–Crippen LogP) is 13.6. The molecule has 6 N–H and O–H groups in total. The number of carbonyl (C=O) groups excluding carboxylic acids is 1. The number of rotatable bonds is 48. The van der Waals surface area contributed by atoms with E-state index in [4.69, 9.17) is 9.47 Å². The molecule has 7 unspecified atom stereocenters. The van der Waals surface area contributed by atoms with Crippen LogP contribution in [0.2, 0.25) is 0 Å². The van der Waals surface area contributed by atoms with Crippen molar-refractivity contribution in [1.82, 2.24) is 5.32 Å². The maximum Gasteiger partial charge on any atom is 0.220 e. The monoisotopic (exact) mass is 934 g/mol. The van der Waals surface area contributed by atoms with Crippen molar-refractivity contribution in [2.24, 2.45) is 0 Å². The fourth-order valence-electron chi connectivity index (χ4n) is 8.93. The minimum atomic E-state index is -1.57. The van der Waals surface area contributed by atoms with E-state index >= 15 is 0 Å². The molecule has 388 valence electrons. The summed E-state index contributed by atoms with van der Waals surface area (Å²) < 4.78 is 11.2. The van der Waals surface area contributed by atoms with Gasteiger partial charge in [-0.2, -0.15) is 0 Å². The van der Waals surface area contributed by atoms with Gasteiger partial charge < -0.3 is 40.3 Å². The Morgan fingerprint density at radius 1 is 0.500 bits per heavy atom. The minimum Gasteiger partial charge on any atom is -0.394 e. The van der Waals surface area contributed by atoms with E-state index in [0.717, 1.165) is 51.4 Å². The van der Waals surface area contributed by atoms with Crippen LogP contribution >= 0.6 is 0 Å². The second kappa shape index (κ2) is 47.1. The van der Waals surface area contributed by atoms with Crippen molar-refractivity contribution in [3.8, 4) is 0 Å². The molecule has 1 rings (SSSR count). The van der Waals surface area contributed by atoms with Gasteiger partial charge in [-0.05, 0) is 57.8 Å². The molecule has 7 atom stereocenters. The first-order valence-electron chi connectivity index (χ1n) is 28.2. The molecule has 1 amide bonds. The second-order valence-corrected chi connectivity index (χ2v) is 19.7. The molecule has 0 saturated carbocycles. The number of hydrogen-bond donors (Lipinski definition) is 6. The number of amides is 1. The molecule has 0 aliphatic carbocycles. The van der Waals surface area contributed by atoms with Gasteiger partial charge in [0, 0.05) is 6.42 Å². The maximum atomic E-state index is 13.0. The number of nitrogens with one attached hydrogen (secondary N) is 1. The Kier molecular flexibility index (Phi) is 44.6. The van der Waals surface area contributed by atoms with Crippen molar-refractivity contribution in [2.45, 2.75) is 307 Å². The Hall–Kier alpha value is -1.59. The Morgan fingerprint density at radius 2 is 0.864 bits per heavy atom. The van der Waals surface area contributed by atoms with Crippen LogP contribution in [0.5, 0.6) is 0 Å². The Morgan fingerprint density at radius 3 is 1.27 bits per heavy atom. The number of unbranched alkanes of at least 4 members (excludes halogenated alkanes) is 34. The number of aliphatic hydroxyl groups excluding tert-OH is 5. The van der Waals surface area contributed by atoms with Gasteiger partial charge in [0.1, 0.15) is 24.4 Å². The first-order chi connectivity index (χ1) is 32.3. The third kappa shape index (κ3) is 36.4. The zero-order valence-electron chi connectivity index (χ0n) is 43.0. The quantitative estimate of drug-likeness (QED) is 0.0261. The number of aliphatic hydroxyl groups is 5. The third-order valence-electron chi connectivity index (χ3n) is 13.4. The Labute approximate surface area is 406 Å². The van der Waals surface area contributed by atoms with E-state index in [-0.39, 0.29) is 12.5 Å². The molecule has 0 aromatic heterocycles. The average molecular weight is 934 g/mol. The van der Waals surface area contributed by atoms with Crippen LogP contribution in [0, 0.1) is 0 Å². The fraction of sp³-hybridized carbons (Fsp3) is 0.877. The largest absolute Gasteiger partial charge is 0.394 e. The lowest BCUT2D eigenvalue weighted by Crippen LogP contribution is -2.60. The Balaban J connectivity index is 2.27. The Bertz CT molecular complexity index is 1130. The van der Waals surface area contributed by atoms with Gasteiger partial charge in [0.25, 0.3) is 0 Å². The van der Waals surface area contributed by atoms with Crippen LogP contribution in [0.3, 0.4) is 0 Å². The summed E-state index contributed by atoms with van der Waals surface area (Å²) in [5.41, 5.74) is 0. The SMILES string of the molecule is CCCCCCCCCC/C=C\CCCCCCCCCC(=O)NC(COC1OC(CO)C(O)C(O)C1O)C(O)/C=C/CC/C=C/CCCCCCCCCCCCCCCCCCCC. The van der Waals surface area contributed by atoms with Gasteiger partial charge in [-0.15, -0.1) is 0 Å². The second-order valence-electron chi connectivity index (χ2n) is 19.7. The summed E-state index contributed by atoms with van der Waals surface area (Å²) in [5.74, 6) is -0.189. The standard InChI is InChI=1S/C57H107NO8/c1-3-5-7-9-11-13-15-17-19-21-23-24-25-26-27-29-30-32-34-36-38-40-42-44-46-51(60)50(49-65-57-56(64)55(63)54(62)52(48-59)66-57)58-53(61)47-45-43-41-39-37-35-33-31-28-22-20-18-16-14-12-10-8-6-4-2/h22,28,36,38,44,46,50-52,54-57,59-60,62-64H,3-21,23-27,29-35,37,39-43,45,47-49H2,1-2H3,(H,58,61)/b28-22-,38-36+,46-44+. The van der Waals surface area contributed by atoms with E-state index in [1.807, 2.05) is 6.08 Å². The average Bonchev–Trinajstić information content (AvgIpc) is 3.32. The first-order valence-corrected chi connectivity index (χ1v) is 28.2. The van der Waals surface area contributed by atoms with E-state index in [2.05, 4.69) is 43.5 Å². The van der Waals surface area contributed by atoms with Gasteiger partial charge in [-0.25, -0.2) is 0 Å². The molecule has 0 bridgehead atoms. The van der Waals surface area contributed by atoms with Crippen LogP contribution in [0.4, 0.5) is 0 Å².